The summed E-state index contributed by atoms with van der Waals surface area (Å²) in [4.78, 5) is 19.2. The van der Waals surface area contributed by atoms with Gasteiger partial charge in [-0.1, -0.05) is 12.1 Å². The van der Waals surface area contributed by atoms with E-state index in [1.807, 2.05) is 6.92 Å². The standard InChI is InChI=1S/C25H40N4O3.HI/c1-4-27-24(29-14-10-20(11-15-29)18-23(30)26-3)28-19-25(12-16-31-17-13-25)21-6-8-22(9-7-21)32-5-2;/h6-9,20H,4-5,10-19H2,1-3H3,(H,26,30)(H,27,28);1H. The average Bonchev–Trinajstić information content (AvgIpc) is 2.83. The Morgan fingerprint density at radius 1 is 1.18 bits per heavy atom. The molecule has 33 heavy (non-hydrogen) atoms. The minimum atomic E-state index is -0.0127. The highest BCUT2D eigenvalue weighted by Gasteiger charge is 2.35. The van der Waals surface area contributed by atoms with Gasteiger partial charge in [-0.15, -0.1) is 24.0 Å². The van der Waals surface area contributed by atoms with Gasteiger partial charge < -0.3 is 25.0 Å². The lowest BCUT2D eigenvalue weighted by Gasteiger charge is -2.38. The second-order valence-electron chi connectivity index (χ2n) is 8.83. The third-order valence-corrected chi connectivity index (χ3v) is 6.76. The summed E-state index contributed by atoms with van der Waals surface area (Å²) in [6.45, 7) is 9.79. The fourth-order valence-electron chi connectivity index (χ4n) is 4.74. The maximum absolute atomic E-state index is 11.7. The van der Waals surface area contributed by atoms with Crippen LogP contribution in [0.1, 0.15) is 51.5 Å². The van der Waals surface area contributed by atoms with Crippen LogP contribution in [0.15, 0.2) is 29.3 Å². The predicted octanol–water partition coefficient (Wildman–Crippen LogP) is 3.57. The Morgan fingerprint density at radius 2 is 1.85 bits per heavy atom. The second-order valence-corrected chi connectivity index (χ2v) is 8.83. The minimum absolute atomic E-state index is 0. The van der Waals surface area contributed by atoms with Gasteiger partial charge in [0.2, 0.25) is 5.91 Å². The van der Waals surface area contributed by atoms with Gasteiger partial charge >= 0.3 is 0 Å². The zero-order chi connectivity index (χ0) is 22.8. The lowest BCUT2D eigenvalue weighted by atomic mass is 9.74. The number of benzene rings is 1. The van der Waals surface area contributed by atoms with Gasteiger partial charge in [-0.05, 0) is 63.1 Å². The van der Waals surface area contributed by atoms with Crippen LogP contribution in [0.4, 0.5) is 0 Å². The highest BCUT2D eigenvalue weighted by Crippen LogP contribution is 2.36. The van der Waals surface area contributed by atoms with Crippen LogP contribution in [0, 0.1) is 5.92 Å². The molecule has 2 fully saturated rings. The number of aliphatic imine (C=N–C) groups is 1. The number of likely N-dealkylation sites (tertiary alicyclic amines) is 1. The molecule has 1 aromatic carbocycles. The lowest BCUT2D eigenvalue weighted by Crippen LogP contribution is -2.47. The number of nitrogens with zero attached hydrogens (tertiary/aromatic N) is 2. The quantitative estimate of drug-likeness (QED) is 0.283. The van der Waals surface area contributed by atoms with Gasteiger partial charge in [0, 0.05) is 51.7 Å². The van der Waals surface area contributed by atoms with Crippen molar-refractivity contribution in [3.05, 3.63) is 29.8 Å². The molecule has 0 bridgehead atoms. The topological polar surface area (TPSA) is 75.2 Å². The highest BCUT2D eigenvalue weighted by atomic mass is 127. The van der Waals surface area contributed by atoms with E-state index < -0.39 is 0 Å². The Labute approximate surface area is 216 Å². The van der Waals surface area contributed by atoms with E-state index in [1.165, 1.54) is 5.56 Å². The van der Waals surface area contributed by atoms with E-state index >= 15 is 0 Å². The zero-order valence-corrected chi connectivity index (χ0v) is 22.7. The Balaban J connectivity index is 0.00000385. The highest BCUT2D eigenvalue weighted by molar-refractivity contribution is 14.0. The molecule has 0 spiro atoms. The van der Waals surface area contributed by atoms with E-state index in [9.17, 15) is 4.79 Å². The molecule has 0 atom stereocenters. The molecule has 0 unspecified atom stereocenters. The molecule has 0 saturated carbocycles. The molecular weight excluding hydrogens is 531 g/mol. The average molecular weight is 573 g/mol. The van der Waals surface area contributed by atoms with Crippen molar-refractivity contribution in [1.82, 2.24) is 15.5 Å². The summed E-state index contributed by atoms with van der Waals surface area (Å²) in [5.41, 5.74) is 1.30. The monoisotopic (exact) mass is 572 g/mol. The summed E-state index contributed by atoms with van der Waals surface area (Å²) in [6.07, 6.45) is 4.61. The molecule has 1 aromatic rings. The number of nitrogens with one attached hydrogen (secondary N) is 2. The SMILES string of the molecule is CCNC(=NCC1(c2ccc(OCC)cc2)CCOCC1)N1CCC(CC(=O)NC)CC1.I. The molecule has 2 aliphatic rings. The molecule has 2 N–H and O–H groups in total. The summed E-state index contributed by atoms with van der Waals surface area (Å²) in [5, 5.41) is 6.25. The summed E-state index contributed by atoms with van der Waals surface area (Å²) in [6, 6.07) is 8.54. The lowest BCUT2D eigenvalue weighted by molar-refractivity contribution is -0.121. The van der Waals surface area contributed by atoms with E-state index in [-0.39, 0.29) is 35.3 Å². The first-order valence-corrected chi connectivity index (χ1v) is 12.1. The van der Waals surface area contributed by atoms with Crippen molar-refractivity contribution in [3.8, 4) is 5.75 Å². The second kappa shape index (κ2) is 14.0. The molecule has 8 heteroatoms. The van der Waals surface area contributed by atoms with Crippen molar-refractivity contribution in [2.24, 2.45) is 10.9 Å². The van der Waals surface area contributed by atoms with Crippen molar-refractivity contribution in [1.29, 1.82) is 0 Å². The van der Waals surface area contributed by atoms with E-state index in [1.54, 1.807) is 7.05 Å². The van der Waals surface area contributed by atoms with Crippen molar-refractivity contribution in [2.75, 3.05) is 53.0 Å². The summed E-state index contributed by atoms with van der Waals surface area (Å²) < 4.78 is 11.3. The van der Waals surface area contributed by atoms with Crippen LogP contribution >= 0.6 is 24.0 Å². The molecule has 7 nitrogen and oxygen atoms in total. The van der Waals surface area contributed by atoms with E-state index in [4.69, 9.17) is 14.5 Å². The molecule has 1 amide bonds. The van der Waals surface area contributed by atoms with E-state index in [0.29, 0.717) is 18.9 Å². The third-order valence-electron chi connectivity index (χ3n) is 6.76. The molecule has 2 heterocycles. The Hall–Kier alpha value is -1.55. The largest absolute Gasteiger partial charge is 0.494 e. The van der Waals surface area contributed by atoms with Gasteiger partial charge in [0.25, 0.3) is 0 Å². The van der Waals surface area contributed by atoms with Gasteiger partial charge in [0.05, 0.1) is 13.2 Å². The van der Waals surface area contributed by atoms with Crippen LogP contribution in [0.5, 0.6) is 5.75 Å². The first kappa shape index (κ1) is 27.7. The Bertz CT molecular complexity index is 743. The smallest absolute Gasteiger partial charge is 0.220 e. The number of guanidine groups is 1. The molecular formula is C25H41IN4O3. The molecule has 0 aliphatic carbocycles. The van der Waals surface area contributed by atoms with E-state index in [2.05, 4.69) is 46.7 Å². The zero-order valence-electron chi connectivity index (χ0n) is 20.4. The fraction of sp³-hybridized carbons (Fsp3) is 0.680. The van der Waals surface area contributed by atoms with Crippen LogP contribution in [0.2, 0.25) is 0 Å². The molecule has 186 valence electrons. The summed E-state index contributed by atoms with van der Waals surface area (Å²) in [7, 11) is 1.71. The number of ether oxygens (including phenoxy) is 2. The van der Waals surface area contributed by atoms with Crippen LogP contribution in [0.3, 0.4) is 0 Å². The molecule has 2 aliphatic heterocycles. The normalized spacial score (nSPS) is 18.9. The first-order valence-electron chi connectivity index (χ1n) is 12.1. The Kier molecular flexibility index (Phi) is 11.7. The number of carbonyl (C=O) groups excluding carboxylic acids is 1. The van der Waals surface area contributed by atoms with Gasteiger partial charge in [-0.3, -0.25) is 9.79 Å². The minimum Gasteiger partial charge on any atom is -0.494 e. The number of halogens is 1. The van der Waals surface area contributed by atoms with Crippen LogP contribution in [0.25, 0.3) is 0 Å². The number of hydrogen-bond donors (Lipinski definition) is 2. The van der Waals surface area contributed by atoms with Crippen molar-refractivity contribution in [3.63, 3.8) is 0 Å². The molecule has 0 radical (unpaired) electrons. The van der Waals surface area contributed by atoms with Gasteiger partial charge in [-0.2, -0.15) is 0 Å². The number of piperidine rings is 1. The van der Waals surface area contributed by atoms with Gasteiger partial charge in [-0.25, -0.2) is 0 Å². The summed E-state index contributed by atoms with van der Waals surface area (Å²) in [5.74, 6) is 2.50. The van der Waals surface area contributed by atoms with Crippen LogP contribution < -0.4 is 15.4 Å². The van der Waals surface area contributed by atoms with E-state index in [0.717, 1.165) is 76.8 Å². The van der Waals surface area contributed by atoms with Crippen molar-refractivity contribution in [2.45, 2.75) is 51.4 Å². The predicted molar refractivity (Wildman–Crippen MR) is 144 cm³/mol. The van der Waals surface area contributed by atoms with Crippen LogP contribution in [-0.2, 0) is 14.9 Å². The van der Waals surface area contributed by atoms with Gasteiger partial charge in [0.1, 0.15) is 5.75 Å². The van der Waals surface area contributed by atoms with Crippen molar-refractivity contribution >= 4 is 35.8 Å². The third kappa shape index (κ3) is 7.73. The number of rotatable bonds is 8. The first-order chi connectivity index (χ1) is 15.6. The Morgan fingerprint density at radius 3 is 2.42 bits per heavy atom. The maximum Gasteiger partial charge on any atom is 0.220 e. The molecule has 3 rings (SSSR count). The number of amides is 1. The molecule has 0 aromatic heterocycles. The number of hydrogen-bond acceptors (Lipinski definition) is 4. The number of carbonyl (C=O) groups is 1. The molecule has 2 saturated heterocycles. The van der Waals surface area contributed by atoms with Crippen molar-refractivity contribution < 1.29 is 14.3 Å². The van der Waals surface area contributed by atoms with Crippen LogP contribution in [-0.4, -0.2) is 69.8 Å². The maximum atomic E-state index is 11.7. The van der Waals surface area contributed by atoms with Gasteiger partial charge in [0.15, 0.2) is 5.96 Å². The summed E-state index contributed by atoms with van der Waals surface area (Å²) >= 11 is 0. The fourth-order valence-corrected chi connectivity index (χ4v) is 4.74.